The maximum Gasteiger partial charge on any atom is 0.255 e. The van der Waals surface area contributed by atoms with Crippen LogP contribution < -0.4 is 5.32 Å². The van der Waals surface area contributed by atoms with Gasteiger partial charge >= 0.3 is 0 Å². The molecule has 0 radical (unpaired) electrons. The van der Waals surface area contributed by atoms with Gasteiger partial charge in [-0.05, 0) is 58.2 Å². The fourth-order valence-electron chi connectivity index (χ4n) is 2.96. The molecule has 1 aliphatic heterocycles. The van der Waals surface area contributed by atoms with Gasteiger partial charge in [0.05, 0.1) is 0 Å². The Labute approximate surface area is 113 Å². The van der Waals surface area contributed by atoms with Crippen LogP contribution in [0.1, 0.15) is 36.5 Å². The Bertz CT molecular complexity index is 568. The third-order valence-corrected chi connectivity index (χ3v) is 3.93. The van der Waals surface area contributed by atoms with Crippen molar-refractivity contribution in [2.45, 2.75) is 39.5 Å². The van der Waals surface area contributed by atoms with E-state index in [1.165, 1.54) is 31.5 Å². The first kappa shape index (κ1) is 12.5. The van der Waals surface area contributed by atoms with Gasteiger partial charge in [0.15, 0.2) is 0 Å². The average molecular weight is 259 g/mol. The van der Waals surface area contributed by atoms with E-state index in [1.54, 1.807) is 0 Å². The quantitative estimate of drug-likeness (QED) is 0.911. The zero-order chi connectivity index (χ0) is 13.2. The number of hydrogen-bond acceptors (Lipinski definition) is 4. The smallest absolute Gasteiger partial charge is 0.255 e. The van der Waals surface area contributed by atoms with Gasteiger partial charge in [-0.3, -0.25) is 4.40 Å². The highest BCUT2D eigenvalue weighted by atomic mass is 15.3. The van der Waals surface area contributed by atoms with E-state index in [1.807, 2.05) is 6.92 Å². The van der Waals surface area contributed by atoms with Gasteiger partial charge in [0, 0.05) is 17.8 Å². The standard InChI is InChI=1S/C14H21N5/c1-10-8-11(2)19-13(17-18-14(19)16-10)6-5-12-4-3-7-15-9-12/h8,12,15H,3-7,9H2,1-2H3. The molecule has 0 spiro atoms. The van der Waals surface area contributed by atoms with Gasteiger partial charge in [-0.2, -0.15) is 0 Å². The lowest BCUT2D eigenvalue weighted by Gasteiger charge is -2.22. The van der Waals surface area contributed by atoms with Gasteiger partial charge < -0.3 is 5.32 Å². The molecule has 0 saturated carbocycles. The van der Waals surface area contributed by atoms with Crippen LogP contribution in [0.5, 0.6) is 0 Å². The SMILES string of the molecule is Cc1cc(C)n2c(CCC3CCCNC3)nnc2n1. The van der Waals surface area contributed by atoms with Crippen molar-refractivity contribution in [2.24, 2.45) is 5.92 Å². The molecule has 19 heavy (non-hydrogen) atoms. The Kier molecular flexibility index (Phi) is 3.46. The van der Waals surface area contributed by atoms with Gasteiger partial charge in [0.2, 0.25) is 0 Å². The molecule has 1 fully saturated rings. The predicted octanol–water partition coefficient (Wildman–Crippen LogP) is 1.67. The minimum atomic E-state index is 0.731. The van der Waals surface area contributed by atoms with Crippen molar-refractivity contribution >= 4 is 5.78 Å². The summed E-state index contributed by atoms with van der Waals surface area (Å²) >= 11 is 0. The Morgan fingerprint density at radius 1 is 1.37 bits per heavy atom. The molecule has 0 amide bonds. The molecule has 1 atom stereocenters. The van der Waals surface area contributed by atoms with Crippen LogP contribution in [-0.4, -0.2) is 32.7 Å². The zero-order valence-corrected chi connectivity index (χ0v) is 11.7. The molecule has 5 heteroatoms. The molecular formula is C14H21N5. The highest BCUT2D eigenvalue weighted by molar-refractivity contribution is 5.32. The van der Waals surface area contributed by atoms with Crippen LogP contribution in [0.25, 0.3) is 5.78 Å². The van der Waals surface area contributed by atoms with Crippen molar-refractivity contribution in [3.63, 3.8) is 0 Å². The van der Waals surface area contributed by atoms with Gasteiger partial charge in [-0.15, -0.1) is 10.2 Å². The van der Waals surface area contributed by atoms with Crippen molar-refractivity contribution in [2.75, 3.05) is 13.1 Å². The lowest BCUT2D eigenvalue weighted by molar-refractivity contribution is 0.355. The summed E-state index contributed by atoms with van der Waals surface area (Å²) in [6, 6.07) is 2.09. The Balaban J connectivity index is 1.77. The average Bonchev–Trinajstić information content (AvgIpc) is 2.81. The summed E-state index contributed by atoms with van der Waals surface area (Å²) in [6.07, 6.45) is 4.80. The molecule has 1 N–H and O–H groups in total. The third-order valence-electron chi connectivity index (χ3n) is 3.93. The minimum absolute atomic E-state index is 0.731. The fraction of sp³-hybridized carbons (Fsp3) is 0.643. The Morgan fingerprint density at radius 2 is 2.26 bits per heavy atom. The second kappa shape index (κ2) is 5.25. The topological polar surface area (TPSA) is 55.1 Å². The molecule has 0 aromatic carbocycles. The molecule has 1 unspecified atom stereocenters. The maximum atomic E-state index is 4.43. The lowest BCUT2D eigenvalue weighted by Crippen LogP contribution is -2.30. The van der Waals surface area contributed by atoms with E-state index < -0.39 is 0 Å². The molecule has 1 saturated heterocycles. The summed E-state index contributed by atoms with van der Waals surface area (Å²) in [5.41, 5.74) is 2.17. The van der Waals surface area contributed by atoms with Crippen molar-refractivity contribution in [1.29, 1.82) is 0 Å². The number of piperidine rings is 1. The highest BCUT2D eigenvalue weighted by Crippen LogP contribution is 2.17. The van der Waals surface area contributed by atoms with E-state index >= 15 is 0 Å². The van der Waals surface area contributed by atoms with Crippen LogP contribution in [0.4, 0.5) is 0 Å². The van der Waals surface area contributed by atoms with Crippen molar-refractivity contribution in [3.8, 4) is 0 Å². The largest absolute Gasteiger partial charge is 0.316 e. The van der Waals surface area contributed by atoms with E-state index in [-0.39, 0.29) is 0 Å². The fourth-order valence-corrected chi connectivity index (χ4v) is 2.96. The minimum Gasteiger partial charge on any atom is -0.316 e. The summed E-state index contributed by atoms with van der Waals surface area (Å²) in [5, 5.41) is 12.0. The van der Waals surface area contributed by atoms with Crippen LogP contribution in [-0.2, 0) is 6.42 Å². The molecule has 1 aliphatic rings. The number of aryl methyl sites for hydroxylation is 3. The Hall–Kier alpha value is -1.49. The molecule has 0 aliphatic carbocycles. The normalized spacial score (nSPS) is 20.0. The Morgan fingerprint density at radius 3 is 3.05 bits per heavy atom. The monoisotopic (exact) mass is 259 g/mol. The first-order chi connectivity index (χ1) is 9.24. The molecule has 102 valence electrons. The zero-order valence-electron chi connectivity index (χ0n) is 11.7. The summed E-state index contributed by atoms with van der Waals surface area (Å²) in [7, 11) is 0. The van der Waals surface area contributed by atoms with E-state index in [4.69, 9.17) is 0 Å². The van der Waals surface area contributed by atoms with Gasteiger partial charge in [0.25, 0.3) is 5.78 Å². The number of aromatic nitrogens is 4. The van der Waals surface area contributed by atoms with Gasteiger partial charge in [-0.1, -0.05) is 0 Å². The summed E-state index contributed by atoms with van der Waals surface area (Å²) in [4.78, 5) is 4.43. The molecule has 5 nitrogen and oxygen atoms in total. The highest BCUT2D eigenvalue weighted by Gasteiger charge is 2.15. The van der Waals surface area contributed by atoms with E-state index in [0.29, 0.717) is 0 Å². The summed E-state index contributed by atoms with van der Waals surface area (Å²) in [5.74, 6) is 2.56. The molecule has 0 bridgehead atoms. The number of nitrogens with zero attached hydrogens (tertiary/aromatic N) is 4. The number of fused-ring (bicyclic) bond motifs is 1. The molecule has 3 rings (SSSR count). The molecule has 2 aromatic rings. The first-order valence-electron chi connectivity index (χ1n) is 7.13. The number of hydrogen-bond donors (Lipinski definition) is 1. The van der Waals surface area contributed by atoms with E-state index in [2.05, 4.69) is 37.9 Å². The molecule has 3 heterocycles. The van der Waals surface area contributed by atoms with E-state index in [9.17, 15) is 0 Å². The van der Waals surface area contributed by atoms with Crippen molar-refractivity contribution in [3.05, 3.63) is 23.3 Å². The summed E-state index contributed by atoms with van der Waals surface area (Å²) in [6.45, 7) is 6.41. The van der Waals surface area contributed by atoms with Crippen LogP contribution in [0, 0.1) is 19.8 Å². The first-order valence-corrected chi connectivity index (χ1v) is 7.13. The van der Waals surface area contributed by atoms with Crippen LogP contribution in [0.15, 0.2) is 6.07 Å². The molecular weight excluding hydrogens is 238 g/mol. The van der Waals surface area contributed by atoms with Crippen LogP contribution in [0.3, 0.4) is 0 Å². The summed E-state index contributed by atoms with van der Waals surface area (Å²) < 4.78 is 2.09. The number of nitrogens with one attached hydrogen (secondary N) is 1. The lowest BCUT2D eigenvalue weighted by atomic mass is 9.94. The predicted molar refractivity (Wildman–Crippen MR) is 74.2 cm³/mol. The van der Waals surface area contributed by atoms with Crippen molar-refractivity contribution in [1.82, 2.24) is 24.9 Å². The van der Waals surface area contributed by atoms with E-state index in [0.717, 1.165) is 36.2 Å². The van der Waals surface area contributed by atoms with Crippen molar-refractivity contribution < 1.29 is 0 Å². The molecule has 2 aromatic heterocycles. The second-order valence-corrected chi connectivity index (χ2v) is 5.54. The van der Waals surface area contributed by atoms with Crippen LogP contribution >= 0.6 is 0 Å². The number of rotatable bonds is 3. The van der Waals surface area contributed by atoms with Crippen LogP contribution in [0.2, 0.25) is 0 Å². The van der Waals surface area contributed by atoms with Gasteiger partial charge in [-0.25, -0.2) is 4.98 Å². The van der Waals surface area contributed by atoms with Gasteiger partial charge in [0.1, 0.15) is 5.82 Å². The second-order valence-electron chi connectivity index (χ2n) is 5.54. The maximum absolute atomic E-state index is 4.43. The third kappa shape index (κ3) is 2.61.